The smallest absolute Gasteiger partial charge is 0.214 e. The average Bonchev–Trinajstić information content (AvgIpc) is 2.37. The molecule has 0 aliphatic carbocycles. The van der Waals surface area contributed by atoms with Gasteiger partial charge in [-0.1, -0.05) is 6.42 Å². The van der Waals surface area contributed by atoms with Crippen molar-refractivity contribution in [2.45, 2.75) is 57.1 Å². The van der Waals surface area contributed by atoms with Crippen LogP contribution in [0.4, 0.5) is 0 Å². The molecule has 2 aliphatic heterocycles. The topological polar surface area (TPSA) is 69.6 Å². The van der Waals surface area contributed by atoms with E-state index in [-0.39, 0.29) is 5.75 Å². The molecule has 1 unspecified atom stereocenters. The highest BCUT2D eigenvalue weighted by Gasteiger charge is 2.33. The van der Waals surface area contributed by atoms with Crippen molar-refractivity contribution in [2.24, 2.45) is 0 Å². The van der Waals surface area contributed by atoms with Crippen LogP contribution in [0.1, 0.15) is 45.4 Å². The van der Waals surface area contributed by atoms with E-state index in [4.69, 9.17) is 0 Å². The molecule has 0 amide bonds. The van der Waals surface area contributed by atoms with Gasteiger partial charge in [-0.3, -0.25) is 0 Å². The Kier molecular flexibility index (Phi) is 4.87. The molecule has 2 heterocycles. The maximum atomic E-state index is 12.3. The molecule has 19 heavy (non-hydrogen) atoms. The average molecular weight is 290 g/mol. The van der Waals surface area contributed by atoms with Gasteiger partial charge in [-0.2, -0.15) is 0 Å². The Morgan fingerprint density at radius 2 is 2.00 bits per heavy atom. The second-order valence-electron chi connectivity index (χ2n) is 6.15. The van der Waals surface area contributed by atoms with Gasteiger partial charge in [0.1, 0.15) is 0 Å². The Morgan fingerprint density at radius 3 is 2.58 bits per heavy atom. The Hall–Kier alpha value is -0.170. The van der Waals surface area contributed by atoms with Crippen LogP contribution in [0.15, 0.2) is 0 Å². The van der Waals surface area contributed by atoms with Gasteiger partial charge in [0, 0.05) is 19.1 Å². The van der Waals surface area contributed by atoms with Crippen molar-refractivity contribution in [3.8, 4) is 0 Å². The van der Waals surface area contributed by atoms with Gasteiger partial charge in [-0.05, 0) is 45.6 Å². The highest BCUT2D eigenvalue weighted by atomic mass is 32.2. The van der Waals surface area contributed by atoms with E-state index in [0.29, 0.717) is 38.4 Å². The van der Waals surface area contributed by atoms with Gasteiger partial charge in [0.05, 0.1) is 11.4 Å². The Morgan fingerprint density at radius 1 is 1.32 bits per heavy atom. The van der Waals surface area contributed by atoms with E-state index in [2.05, 4.69) is 5.32 Å². The van der Waals surface area contributed by atoms with Crippen LogP contribution in [-0.2, 0) is 10.0 Å². The van der Waals surface area contributed by atoms with Crippen molar-refractivity contribution < 1.29 is 13.5 Å². The lowest BCUT2D eigenvalue weighted by Gasteiger charge is -2.35. The van der Waals surface area contributed by atoms with Crippen LogP contribution in [0.25, 0.3) is 0 Å². The van der Waals surface area contributed by atoms with Crippen LogP contribution in [0.3, 0.4) is 0 Å². The molecule has 0 aromatic carbocycles. The first-order valence-corrected chi connectivity index (χ1v) is 8.94. The molecule has 2 rings (SSSR count). The number of hydrogen-bond acceptors (Lipinski definition) is 4. The molecular formula is C13H26N2O3S. The molecule has 2 saturated heterocycles. The summed E-state index contributed by atoms with van der Waals surface area (Å²) in [7, 11) is -3.15. The van der Waals surface area contributed by atoms with Gasteiger partial charge in [0.15, 0.2) is 0 Å². The zero-order chi connectivity index (χ0) is 13.9. The summed E-state index contributed by atoms with van der Waals surface area (Å²) in [6.07, 6.45) is 5.26. The summed E-state index contributed by atoms with van der Waals surface area (Å²) in [6.45, 7) is 3.70. The summed E-state index contributed by atoms with van der Waals surface area (Å²) in [6, 6.07) is 0.358. The quantitative estimate of drug-likeness (QED) is 0.799. The van der Waals surface area contributed by atoms with E-state index in [9.17, 15) is 13.5 Å². The van der Waals surface area contributed by atoms with E-state index >= 15 is 0 Å². The van der Waals surface area contributed by atoms with Gasteiger partial charge in [0.25, 0.3) is 0 Å². The molecule has 0 radical (unpaired) electrons. The largest absolute Gasteiger partial charge is 0.390 e. The number of aliphatic hydroxyl groups is 1. The summed E-state index contributed by atoms with van der Waals surface area (Å²) in [5.74, 6) is 0.229. The third-order valence-corrected chi connectivity index (χ3v) is 6.23. The lowest BCUT2D eigenvalue weighted by atomic mass is 9.95. The third kappa shape index (κ3) is 4.41. The van der Waals surface area contributed by atoms with E-state index in [1.165, 1.54) is 12.8 Å². The van der Waals surface area contributed by atoms with Crippen LogP contribution >= 0.6 is 0 Å². The monoisotopic (exact) mass is 290 g/mol. The number of nitrogens with one attached hydrogen (secondary N) is 1. The summed E-state index contributed by atoms with van der Waals surface area (Å²) in [5.41, 5.74) is -0.697. The maximum Gasteiger partial charge on any atom is 0.214 e. The molecule has 2 aliphatic rings. The minimum Gasteiger partial charge on any atom is -0.390 e. The van der Waals surface area contributed by atoms with Crippen molar-refractivity contribution >= 4 is 10.0 Å². The molecule has 0 saturated carbocycles. The Bertz CT molecular complexity index is 379. The second-order valence-corrected chi connectivity index (χ2v) is 8.24. The predicted molar refractivity (Wildman–Crippen MR) is 75.5 cm³/mol. The first kappa shape index (κ1) is 15.2. The minimum atomic E-state index is -3.15. The van der Waals surface area contributed by atoms with Crippen LogP contribution in [-0.4, -0.2) is 54.9 Å². The van der Waals surface area contributed by atoms with Crippen molar-refractivity contribution in [1.82, 2.24) is 9.62 Å². The molecule has 0 bridgehead atoms. The van der Waals surface area contributed by atoms with Crippen molar-refractivity contribution in [2.75, 3.05) is 25.4 Å². The van der Waals surface area contributed by atoms with Gasteiger partial charge in [-0.25, -0.2) is 12.7 Å². The molecule has 112 valence electrons. The van der Waals surface area contributed by atoms with E-state index in [1.807, 2.05) is 0 Å². The van der Waals surface area contributed by atoms with Gasteiger partial charge >= 0.3 is 0 Å². The van der Waals surface area contributed by atoms with Gasteiger partial charge in [0.2, 0.25) is 10.0 Å². The predicted octanol–water partition coefficient (Wildman–Crippen LogP) is 0.695. The van der Waals surface area contributed by atoms with E-state index in [0.717, 1.165) is 13.0 Å². The van der Waals surface area contributed by atoms with Crippen molar-refractivity contribution in [3.05, 3.63) is 0 Å². The second kappa shape index (κ2) is 6.08. The minimum absolute atomic E-state index is 0.229. The highest BCUT2D eigenvalue weighted by Crippen LogP contribution is 2.23. The number of rotatable bonds is 4. The third-order valence-electron chi connectivity index (χ3n) is 4.33. The highest BCUT2D eigenvalue weighted by molar-refractivity contribution is 7.89. The first-order valence-electron chi connectivity index (χ1n) is 7.33. The molecule has 6 heteroatoms. The lowest BCUT2D eigenvalue weighted by Crippen LogP contribution is -2.46. The maximum absolute atomic E-state index is 12.3. The summed E-state index contributed by atoms with van der Waals surface area (Å²) < 4.78 is 26.1. The molecule has 2 N–H and O–H groups in total. The summed E-state index contributed by atoms with van der Waals surface area (Å²) in [4.78, 5) is 0. The molecule has 5 nitrogen and oxygen atoms in total. The first-order chi connectivity index (χ1) is 8.89. The van der Waals surface area contributed by atoms with Gasteiger partial charge < -0.3 is 10.4 Å². The van der Waals surface area contributed by atoms with Crippen LogP contribution in [0, 0.1) is 0 Å². The molecule has 0 spiro atoms. The van der Waals surface area contributed by atoms with Crippen LogP contribution < -0.4 is 5.32 Å². The SMILES string of the molecule is CC1(O)CCN(S(=O)(=O)CCC2CCCCN2)CC1. The molecule has 0 aromatic heterocycles. The number of piperidine rings is 2. The molecule has 0 aromatic rings. The zero-order valence-corrected chi connectivity index (χ0v) is 12.6. The van der Waals surface area contributed by atoms with Crippen molar-refractivity contribution in [1.29, 1.82) is 0 Å². The summed E-state index contributed by atoms with van der Waals surface area (Å²) in [5, 5.41) is 13.2. The molecular weight excluding hydrogens is 264 g/mol. The number of nitrogens with zero attached hydrogens (tertiary/aromatic N) is 1. The number of sulfonamides is 1. The van der Waals surface area contributed by atoms with Crippen molar-refractivity contribution in [3.63, 3.8) is 0 Å². The van der Waals surface area contributed by atoms with E-state index < -0.39 is 15.6 Å². The van der Waals surface area contributed by atoms with Crippen LogP contribution in [0.5, 0.6) is 0 Å². The lowest BCUT2D eigenvalue weighted by molar-refractivity contribution is 0.0126. The Balaban J connectivity index is 1.81. The number of hydrogen-bond donors (Lipinski definition) is 2. The van der Waals surface area contributed by atoms with Gasteiger partial charge in [-0.15, -0.1) is 0 Å². The van der Waals surface area contributed by atoms with Crippen LogP contribution in [0.2, 0.25) is 0 Å². The fraction of sp³-hybridized carbons (Fsp3) is 1.00. The Labute approximate surface area is 116 Å². The summed E-state index contributed by atoms with van der Waals surface area (Å²) >= 11 is 0. The molecule has 1 atom stereocenters. The molecule has 2 fully saturated rings. The normalized spacial score (nSPS) is 29.3. The fourth-order valence-electron chi connectivity index (χ4n) is 2.84. The van der Waals surface area contributed by atoms with E-state index in [1.54, 1.807) is 11.2 Å². The zero-order valence-electron chi connectivity index (χ0n) is 11.8. The standard InChI is InChI=1S/C13H26N2O3S/c1-13(16)6-9-15(10-7-13)19(17,18)11-5-12-4-2-3-8-14-12/h12,14,16H,2-11H2,1H3. The fourth-order valence-corrected chi connectivity index (χ4v) is 4.42.